The summed E-state index contributed by atoms with van der Waals surface area (Å²) in [6.07, 6.45) is -5.05. The summed E-state index contributed by atoms with van der Waals surface area (Å²) in [6.45, 7) is -0.0536. The zero-order valence-electron chi connectivity index (χ0n) is 23.7. The molecule has 0 bridgehead atoms. The number of benzene rings is 1. The summed E-state index contributed by atoms with van der Waals surface area (Å²) in [4.78, 5) is 25.8. The molecule has 43 heavy (non-hydrogen) atoms. The average molecular weight is 659 g/mol. The van der Waals surface area contributed by atoms with Crippen LogP contribution in [-0.2, 0) is 22.8 Å². The van der Waals surface area contributed by atoms with E-state index in [0.717, 1.165) is 31.1 Å². The van der Waals surface area contributed by atoms with Crippen molar-refractivity contribution in [3.05, 3.63) is 34.5 Å². The van der Waals surface area contributed by atoms with Gasteiger partial charge >= 0.3 is 18.9 Å². The predicted molar refractivity (Wildman–Crippen MR) is 147 cm³/mol. The third kappa shape index (κ3) is 7.88. The fourth-order valence-corrected chi connectivity index (χ4v) is 6.15. The zero-order valence-corrected chi connectivity index (χ0v) is 25.3. The molecule has 1 aromatic carbocycles. The van der Waals surface area contributed by atoms with Gasteiger partial charge in [-0.15, -0.1) is 0 Å². The highest BCUT2D eigenvalue weighted by Crippen LogP contribution is 2.43. The number of hydrogen-bond donors (Lipinski definition) is 2. The molecule has 240 valence electrons. The van der Waals surface area contributed by atoms with E-state index in [9.17, 15) is 45.1 Å². The van der Waals surface area contributed by atoms with Crippen LogP contribution in [0.4, 0.5) is 26.7 Å². The molecule has 2 N–H and O–H groups in total. The second kappa shape index (κ2) is 12.8. The van der Waals surface area contributed by atoms with Crippen LogP contribution in [0.2, 0.25) is 5.02 Å². The van der Waals surface area contributed by atoms with Crippen molar-refractivity contribution in [2.45, 2.75) is 70.7 Å². The van der Waals surface area contributed by atoms with E-state index in [4.69, 9.17) is 11.6 Å². The maximum atomic E-state index is 13.4. The van der Waals surface area contributed by atoms with Gasteiger partial charge in [-0.1, -0.05) is 31.5 Å². The second-order valence-electron chi connectivity index (χ2n) is 10.9. The number of amides is 2. The lowest BCUT2D eigenvalue weighted by Crippen LogP contribution is -2.54. The Bertz CT molecular complexity index is 1460. The number of hydrogen-bond acceptors (Lipinski definition) is 6. The first kappa shape index (κ1) is 34.4. The van der Waals surface area contributed by atoms with Gasteiger partial charge in [0.25, 0.3) is 5.91 Å². The Morgan fingerprint density at radius 1 is 1.23 bits per heavy atom. The molecule has 3 rings (SSSR count). The van der Waals surface area contributed by atoms with Crippen LogP contribution in [0.1, 0.15) is 49.7 Å². The lowest BCUT2D eigenvalue weighted by atomic mass is 9.84. The average Bonchev–Trinajstić information content (AvgIpc) is 3.21. The number of aryl methyl sites for hydroxylation is 1. The summed E-state index contributed by atoms with van der Waals surface area (Å²) in [5.41, 5.74) is -2.43. The Kier molecular flexibility index (Phi) is 10.3. The number of sulfone groups is 1. The Balaban J connectivity index is 1.91. The normalized spacial score (nSPS) is 18.2. The molecule has 0 spiro atoms. The quantitative estimate of drug-likeness (QED) is 0.334. The topological polar surface area (TPSA) is 131 Å². The first-order chi connectivity index (χ1) is 19.8. The van der Waals surface area contributed by atoms with Crippen molar-refractivity contribution in [3.63, 3.8) is 0 Å². The molecule has 2 heterocycles. The first-order valence-corrected chi connectivity index (χ1v) is 15.5. The Morgan fingerprint density at radius 3 is 2.42 bits per heavy atom. The van der Waals surface area contributed by atoms with Crippen LogP contribution in [0.15, 0.2) is 18.2 Å². The van der Waals surface area contributed by atoms with Crippen LogP contribution in [-0.4, -0.2) is 83.6 Å². The maximum absolute atomic E-state index is 13.4. The summed E-state index contributed by atoms with van der Waals surface area (Å²) in [7, 11) is -3.49. The van der Waals surface area contributed by atoms with E-state index in [1.165, 1.54) is 16.8 Å². The summed E-state index contributed by atoms with van der Waals surface area (Å²) in [6, 6.07) is 2.91. The van der Waals surface area contributed by atoms with Gasteiger partial charge in [-0.3, -0.25) is 9.48 Å². The van der Waals surface area contributed by atoms with Crippen molar-refractivity contribution in [2.75, 3.05) is 19.3 Å². The first-order valence-electron chi connectivity index (χ1n) is 13.1. The van der Waals surface area contributed by atoms with E-state index in [0.29, 0.717) is 0 Å². The molecule has 0 saturated carbocycles. The van der Waals surface area contributed by atoms with Gasteiger partial charge in [0.05, 0.1) is 27.4 Å². The molecule has 0 aliphatic carbocycles. The highest BCUT2D eigenvalue weighted by atomic mass is 35.5. The molecule has 1 saturated heterocycles. The summed E-state index contributed by atoms with van der Waals surface area (Å²) in [5, 5.41) is 15.2. The molecule has 0 unspecified atom stereocenters. The number of nitrogens with one attached hydrogen (secondary N) is 1. The summed E-state index contributed by atoms with van der Waals surface area (Å²) < 4.78 is 96.7. The van der Waals surface area contributed by atoms with Crippen LogP contribution >= 0.6 is 11.6 Å². The number of carbonyl (C=O) groups excluding carboxylic acids is 1. The van der Waals surface area contributed by atoms with Crippen molar-refractivity contribution in [2.24, 2.45) is 5.41 Å². The third-order valence-electron chi connectivity index (χ3n) is 7.35. The van der Waals surface area contributed by atoms with Gasteiger partial charge in [-0.25, -0.2) is 13.2 Å². The summed E-state index contributed by atoms with van der Waals surface area (Å²) >= 11 is 6.52. The number of alkyl halides is 5. The summed E-state index contributed by atoms with van der Waals surface area (Å²) in [5.74, 6) is -1.28. The SMILES string of the molecule is CCn1nc(C(=O)NC[C@@H]2CC[C@H](S(C)(=O)=O)CN2C(=O)O)c(Cl)c1-c1ccc(CC(C)(C)C(F)(F)F)cc1OC(F)F. The molecule has 1 aliphatic heterocycles. The Labute approximate surface area is 250 Å². The van der Waals surface area contributed by atoms with Crippen molar-refractivity contribution in [1.29, 1.82) is 0 Å². The molecule has 2 amide bonds. The van der Waals surface area contributed by atoms with Crippen LogP contribution in [0, 0.1) is 5.41 Å². The molecule has 10 nitrogen and oxygen atoms in total. The largest absolute Gasteiger partial charge is 0.465 e. The van der Waals surface area contributed by atoms with Crippen LogP contribution in [0.5, 0.6) is 5.75 Å². The molecule has 2 atom stereocenters. The second-order valence-corrected chi connectivity index (χ2v) is 13.6. The van der Waals surface area contributed by atoms with E-state index in [2.05, 4.69) is 15.2 Å². The van der Waals surface area contributed by atoms with Gasteiger partial charge < -0.3 is 20.1 Å². The van der Waals surface area contributed by atoms with Gasteiger partial charge in [0, 0.05) is 31.5 Å². The third-order valence-corrected chi connectivity index (χ3v) is 9.31. The van der Waals surface area contributed by atoms with E-state index in [1.54, 1.807) is 6.92 Å². The highest BCUT2D eigenvalue weighted by molar-refractivity contribution is 7.91. The number of piperidine rings is 1. The smallest absolute Gasteiger partial charge is 0.407 e. The number of carboxylic acid groups (broad SMARTS) is 1. The van der Waals surface area contributed by atoms with E-state index in [-0.39, 0.29) is 60.0 Å². The standard InChI is InChI=1S/C26H32ClF5N4O6S/c1-5-36-21(17-9-6-14(10-18(17)42-23(28)29)11-25(2,3)26(30,31)32)19(27)20(34-36)22(37)33-12-15-7-8-16(43(4,40)41)13-35(15)24(38)39/h6,9-10,15-16,23H,5,7-8,11-13H2,1-4H3,(H,33,37)(H,38,39)/t15-,16-/m0/s1. The van der Waals surface area contributed by atoms with Crippen molar-refractivity contribution in [1.82, 2.24) is 20.0 Å². The lowest BCUT2D eigenvalue weighted by molar-refractivity contribution is -0.211. The molecular formula is C26H32ClF5N4O6S. The van der Waals surface area contributed by atoms with Crippen LogP contribution in [0.25, 0.3) is 11.3 Å². The Hall–Kier alpha value is -3.14. The molecule has 1 fully saturated rings. The molecule has 2 aromatic rings. The van der Waals surface area contributed by atoms with Gasteiger partial charge in [0.2, 0.25) is 0 Å². The fraction of sp³-hybridized carbons (Fsp3) is 0.577. The van der Waals surface area contributed by atoms with Gasteiger partial charge in [-0.05, 0) is 43.9 Å². The zero-order chi connectivity index (χ0) is 32.5. The van der Waals surface area contributed by atoms with Crippen LogP contribution in [0.3, 0.4) is 0 Å². The van der Waals surface area contributed by atoms with E-state index >= 15 is 0 Å². The van der Waals surface area contributed by atoms with Gasteiger partial charge in [0.15, 0.2) is 15.5 Å². The number of halogens is 6. The molecule has 17 heteroatoms. The van der Waals surface area contributed by atoms with Gasteiger partial charge in [0.1, 0.15) is 5.75 Å². The lowest BCUT2D eigenvalue weighted by Gasteiger charge is -2.37. The number of ether oxygens (including phenoxy) is 1. The molecule has 1 aliphatic rings. The maximum Gasteiger partial charge on any atom is 0.407 e. The van der Waals surface area contributed by atoms with Crippen molar-refractivity contribution < 1.29 is 49.8 Å². The van der Waals surface area contributed by atoms with Gasteiger partial charge in [-0.2, -0.15) is 27.1 Å². The molecular weight excluding hydrogens is 627 g/mol. The molecule has 1 aromatic heterocycles. The number of likely N-dealkylation sites (tertiary alicyclic amines) is 1. The fourth-order valence-electron chi connectivity index (χ4n) is 4.83. The number of carbonyl (C=O) groups is 2. The van der Waals surface area contributed by atoms with Crippen molar-refractivity contribution >= 4 is 33.4 Å². The van der Waals surface area contributed by atoms with Crippen LogP contribution < -0.4 is 10.1 Å². The monoisotopic (exact) mass is 658 g/mol. The minimum atomic E-state index is -4.56. The minimum Gasteiger partial charge on any atom is -0.465 e. The number of nitrogens with zero attached hydrogens (tertiary/aromatic N) is 3. The minimum absolute atomic E-state index is 0.00687. The number of rotatable bonds is 10. The highest BCUT2D eigenvalue weighted by Gasteiger charge is 2.47. The predicted octanol–water partition coefficient (Wildman–Crippen LogP) is 5.24. The van der Waals surface area contributed by atoms with E-state index < -0.39 is 63.5 Å². The molecule has 0 radical (unpaired) electrons. The number of aromatic nitrogens is 2. The Morgan fingerprint density at radius 2 is 1.88 bits per heavy atom. The van der Waals surface area contributed by atoms with E-state index in [1.807, 2.05) is 0 Å². The van der Waals surface area contributed by atoms with Crippen molar-refractivity contribution in [3.8, 4) is 17.0 Å².